The Balaban J connectivity index is 1.93. The minimum Gasteiger partial charge on any atom is -0.300 e. The van der Waals surface area contributed by atoms with Crippen LogP contribution in [0.15, 0.2) is 24.5 Å². The quantitative estimate of drug-likeness (QED) is 0.872. The van der Waals surface area contributed by atoms with Gasteiger partial charge in [-0.2, -0.15) is 5.10 Å². The molecule has 1 fully saturated rings. The van der Waals surface area contributed by atoms with E-state index in [4.69, 9.17) is 12.2 Å². The first-order valence-corrected chi connectivity index (χ1v) is 7.22. The number of aromatic nitrogens is 4. The van der Waals surface area contributed by atoms with Crippen molar-refractivity contribution in [2.45, 2.75) is 32.7 Å². The standard InChI is InChI=1S/C14H18N4S/c1-10-3-2-4-12(10)9-18-13(16-17-14(18)19)11-5-7-15-8-6-11/h5-8,10,12H,2-4,9H2,1H3,(H,17,19). The Hall–Kier alpha value is -1.49. The number of rotatable bonds is 3. The summed E-state index contributed by atoms with van der Waals surface area (Å²) in [6.07, 6.45) is 7.54. The summed E-state index contributed by atoms with van der Waals surface area (Å²) in [5, 5.41) is 7.29. The maximum Gasteiger partial charge on any atom is 0.195 e. The van der Waals surface area contributed by atoms with E-state index < -0.39 is 0 Å². The second kappa shape index (κ2) is 5.25. The highest BCUT2D eigenvalue weighted by Crippen LogP contribution is 2.33. The predicted octanol–water partition coefficient (Wildman–Crippen LogP) is 3.44. The van der Waals surface area contributed by atoms with Crippen LogP contribution in [0, 0.1) is 16.6 Å². The minimum absolute atomic E-state index is 0.713. The lowest BCUT2D eigenvalue weighted by Crippen LogP contribution is -2.14. The van der Waals surface area contributed by atoms with Gasteiger partial charge in [-0.1, -0.05) is 19.8 Å². The van der Waals surface area contributed by atoms with Crippen LogP contribution in [0.5, 0.6) is 0 Å². The Labute approximate surface area is 117 Å². The van der Waals surface area contributed by atoms with Gasteiger partial charge in [0, 0.05) is 24.5 Å². The second-order valence-electron chi connectivity index (χ2n) is 5.37. The number of hydrogen-bond acceptors (Lipinski definition) is 3. The topological polar surface area (TPSA) is 46.5 Å². The molecule has 1 saturated carbocycles. The van der Waals surface area contributed by atoms with Crippen LogP contribution in [-0.4, -0.2) is 19.7 Å². The van der Waals surface area contributed by atoms with Crippen molar-refractivity contribution >= 4 is 12.2 Å². The molecule has 2 heterocycles. The van der Waals surface area contributed by atoms with E-state index in [0.29, 0.717) is 10.7 Å². The summed E-state index contributed by atoms with van der Waals surface area (Å²) in [5.41, 5.74) is 1.06. The van der Waals surface area contributed by atoms with Crippen molar-refractivity contribution in [2.75, 3.05) is 0 Å². The predicted molar refractivity (Wildman–Crippen MR) is 77.1 cm³/mol. The third kappa shape index (κ3) is 2.47. The lowest BCUT2D eigenvalue weighted by Gasteiger charge is -2.17. The van der Waals surface area contributed by atoms with E-state index in [-0.39, 0.29) is 0 Å². The van der Waals surface area contributed by atoms with Crippen LogP contribution in [0.2, 0.25) is 0 Å². The van der Waals surface area contributed by atoms with Crippen LogP contribution in [0.25, 0.3) is 11.4 Å². The Bertz CT molecular complexity index is 601. The average Bonchev–Trinajstić information content (AvgIpc) is 2.99. The van der Waals surface area contributed by atoms with Gasteiger partial charge in [0.15, 0.2) is 10.6 Å². The molecule has 0 amide bonds. The molecule has 19 heavy (non-hydrogen) atoms. The molecule has 1 N–H and O–H groups in total. The summed E-state index contributed by atoms with van der Waals surface area (Å²) in [6.45, 7) is 3.31. The highest BCUT2D eigenvalue weighted by Gasteiger charge is 2.25. The fourth-order valence-corrected chi connectivity index (χ4v) is 3.14. The fourth-order valence-electron chi connectivity index (χ4n) is 2.94. The van der Waals surface area contributed by atoms with Gasteiger partial charge in [0.25, 0.3) is 0 Å². The molecule has 2 atom stereocenters. The third-order valence-corrected chi connectivity index (χ3v) is 4.46. The van der Waals surface area contributed by atoms with Crippen molar-refractivity contribution in [2.24, 2.45) is 11.8 Å². The molecule has 0 bridgehead atoms. The molecule has 0 aromatic carbocycles. The monoisotopic (exact) mass is 274 g/mol. The van der Waals surface area contributed by atoms with E-state index in [1.165, 1.54) is 19.3 Å². The van der Waals surface area contributed by atoms with Gasteiger partial charge in [-0.3, -0.25) is 14.6 Å². The minimum atomic E-state index is 0.713. The SMILES string of the molecule is CC1CCCC1Cn1c(-c2ccncc2)n[nH]c1=S. The average molecular weight is 274 g/mol. The molecule has 0 radical (unpaired) electrons. The number of hydrogen-bond donors (Lipinski definition) is 1. The van der Waals surface area contributed by atoms with Crippen molar-refractivity contribution in [3.8, 4) is 11.4 Å². The molecule has 2 aromatic heterocycles. The summed E-state index contributed by atoms with van der Waals surface area (Å²) in [5.74, 6) is 2.42. The van der Waals surface area contributed by atoms with Gasteiger partial charge in [-0.15, -0.1) is 0 Å². The summed E-state index contributed by atoms with van der Waals surface area (Å²) in [6, 6.07) is 3.94. The van der Waals surface area contributed by atoms with E-state index in [0.717, 1.165) is 23.9 Å². The molecular weight excluding hydrogens is 256 g/mol. The van der Waals surface area contributed by atoms with Crippen molar-refractivity contribution in [1.29, 1.82) is 0 Å². The van der Waals surface area contributed by atoms with Crippen molar-refractivity contribution in [3.05, 3.63) is 29.3 Å². The zero-order valence-electron chi connectivity index (χ0n) is 11.0. The number of pyridine rings is 1. The van der Waals surface area contributed by atoms with Crippen molar-refractivity contribution < 1.29 is 0 Å². The molecule has 0 aliphatic heterocycles. The van der Waals surface area contributed by atoms with Crippen molar-refractivity contribution in [1.82, 2.24) is 19.7 Å². The molecule has 0 spiro atoms. The molecular formula is C14H18N4S. The van der Waals surface area contributed by atoms with Crippen molar-refractivity contribution in [3.63, 3.8) is 0 Å². The number of aromatic amines is 1. The first-order valence-electron chi connectivity index (χ1n) is 6.81. The molecule has 2 unspecified atom stereocenters. The molecule has 3 rings (SSSR count). The van der Waals surface area contributed by atoms with Gasteiger partial charge >= 0.3 is 0 Å². The van der Waals surface area contributed by atoms with Crippen LogP contribution in [0.1, 0.15) is 26.2 Å². The normalized spacial score (nSPS) is 22.8. The van der Waals surface area contributed by atoms with E-state index in [1.54, 1.807) is 12.4 Å². The van der Waals surface area contributed by atoms with Crippen LogP contribution in [0.4, 0.5) is 0 Å². The first-order chi connectivity index (χ1) is 9.25. The van der Waals surface area contributed by atoms with E-state index in [2.05, 4.69) is 26.7 Å². The molecule has 4 nitrogen and oxygen atoms in total. The largest absolute Gasteiger partial charge is 0.300 e. The molecule has 1 aliphatic carbocycles. The molecule has 100 valence electrons. The third-order valence-electron chi connectivity index (χ3n) is 4.15. The number of H-pyrrole nitrogens is 1. The summed E-state index contributed by atoms with van der Waals surface area (Å²) < 4.78 is 2.85. The van der Waals surface area contributed by atoms with Crippen LogP contribution >= 0.6 is 12.2 Å². The smallest absolute Gasteiger partial charge is 0.195 e. The van der Waals surface area contributed by atoms with E-state index in [1.807, 2.05) is 12.1 Å². The summed E-state index contributed by atoms with van der Waals surface area (Å²) >= 11 is 5.38. The van der Waals surface area contributed by atoms with E-state index >= 15 is 0 Å². The molecule has 5 heteroatoms. The highest BCUT2D eigenvalue weighted by molar-refractivity contribution is 7.71. The van der Waals surface area contributed by atoms with Gasteiger partial charge < -0.3 is 0 Å². The molecule has 0 saturated heterocycles. The summed E-state index contributed by atoms with van der Waals surface area (Å²) in [4.78, 5) is 4.05. The van der Waals surface area contributed by atoms with Gasteiger partial charge in [-0.05, 0) is 42.6 Å². The van der Waals surface area contributed by atoms with Gasteiger partial charge in [-0.25, -0.2) is 0 Å². The lowest BCUT2D eigenvalue weighted by molar-refractivity contribution is 0.363. The molecule has 1 aliphatic rings. The van der Waals surface area contributed by atoms with E-state index in [9.17, 15) is 0 Å². The number of nitrogens with zero attached hydrogens (tertiary/aromatic N) is 3. The van der Waals surface area contributed by atoms with Crippen LogP contribution < -0.4 is 0 Å². The Morgan fingerprint density at radius 1 is 1.37 bits per heavy atom. The lowest BCUT2D eigenvalue weighted by atomic mass is 9.98. The molecule has 2 aromatic rings. The Morgan fingerprint density at radius 2 is 2.16 bits per heavy atom. The second-order valence-corrected chi connectivity index (χ2v) is 5.75. The van der Waals surface area contributed by atoms with Gasteiger partial charge in [0.2, 0.25) is 0 Å². The number of nitrogens with one attached hydrogen (secondary N) is 1. The van der Waals surface area contributed by atoms with Crippen LogP contribution in [-0.2, 0) is 6.54 Å². The maximum atomic E-state index is 5.38. The zero-order valence-corrected chi connectivity index (χ0v) is 11.9. The maximum absolute atomic E-state index is 5.38. The van der Waals surface area contributed by atoms with Crippen LogP contribution in [0.3, 0.4) is 0 Å². The Morgan fingerprint density at radius 3 is 2.84 bits per heavy atom. The fraction of sp³-hybridized carbons (Fsp3) is 0.500. The van der Waals surface area contributed by atoms with Gasteiger partial charge in [0.05, 0.1) is 0 Å². The van der Waals surface area contributed by atoms with Gasteiger partial charge in [0.1, 0.15) is 0 Å². The highest BCUT2D eigenvalue weighted by atomic mass is 32.1. The Kier molecular flexibility index (Phi) is 3.46. The first kappa shape index (κ1) is 12.5. The summed E-state index contributed by atoms with van der Waals surface area (Å²) in [7, 11) is 0. The zero-order chi connectivity index (χ0) is 13.2.